The molecule has 0 saturated carbocycles. The van der Waals surface area contributed by atoms with Crippen LogP contribution in [0, 0.1) is 0 Å². The van der Waals surface area contributed by atoms with Crippen molar-refractivity contribution in [1.29, 1.82) is 0 Å². The van der Waals surface area contributed by atoms with Gasteiger partial charge in [-0.25, -0.2) is 0 Å². The number of alkyl halides is 3. The summed E-state index contributed by atoms with van der Waals surface area (Å²) in [6, 6.07) is 3.21. The van der Waals surface area contributed by atoms with Gasteiger partial charge in [0.15, 0.2) is 0 Å². The predicted octanol–water partition coefficient (Wildman–Crippen LogP) is 1.84. The summed E-state index contributed by atoms with van der Waals surface area (Å²) in [6.07, 6.45) is -3.56. The second kappa shape index (κ2) is 7.73. The highest BCUT2D eigenvalue weighted by Gasteiger charge is 2.32. The summed E-state index contributed by atoms with van der Waals surface area (Å²) < 4.78 is 39.5. The SMILES string of the molecule is NC1CCN(c2cc(C(=O)NCCC(=O)O)cc(C(F)(F)F)c2)CC1. The molecule has 0 aromatic heterocycles. The van der Waals surface area contributed by atoms with Crippen LogP contribution in [0.15, 0.2) is 18.2 Å². The van der Waals surface area contributed by atoms with Gasteiger partial charge in [0.2, 0.25) is 0 Å². The summed E-state index contributed by atoms with van der Waals surface area (Å²) in [5.41, 5.74) is 5.06. The number of nitrogens with zero attached hydrogens (tertiary/aromatic N) is 1. The molecule has 25 heavy (non-hydrogen) atoms. The van der Waals surface area contributed by atoms with E-state index in [9.17, 15) is 22.8 Å². The Labute approximate surface area is 142 Å². The number of anilines is 1. The number of amides is 1. The number of halogens is 3. The highest BCUT2D eigenvalue weighted by Crippen LogP contribution is 2.33. The fourth-order valence-corrected chi connectivity index (χ4v) is 2.63. The third-order valence-corrected chi connectivity index (χ3v) is 4.04. The number of nitrogens with one attached hydrogen (secondary N) is 1. The average Bonchev–Trinajstić information content (AvgIpc) is 2.54. The van der Waals surface area contributed by atoms with Gasteiger partial charge in [-0.15, -0.1) is 0 Å². The number of rotatable bonds is 5. The molecule has 6 nitrogen and oxygen atoms in total. The van der Waals surface area contributed by atoms with Crippen LogP contribution in [0.4, 0.5) is 18.9 Å². The zero-order chi connectivity index (χ0) is 18.6. The van der Waals surface area contributed by atoms with Crippen LogP contribution in [0.25, 0.3) is 0 Å². The summed E-state index contributed by atoms with van der Waals surface area (Å²) in [5.74, 6) is -1.84. The van der Waals surface area contributed by atoms with Crippen molar-refractivity contribution in [1.82, 2.24) is 5.32 Å². The van der Waals surface area contributed by atoms with E-state index in [2.05, 4.69) is 5.32 Å². The molecule has 1 heterocycles. The zero-order valence-electron chi connectivity index (χ0n) is 13.5. The Bertz CT molecular complexity index is 641. The molecule has 1 fully saturated rings. The topological polar surface area (TPSA) is 95.7 Å². The maximum absolute atomic E-state index is 13.2. The van der Waals surface area contributed by atoms with Crippen LogP contribution in [0.1, 0.15) is 35.2 Å². The van der Waals surface area contributed by atoms with Gasteiger partial charge in [-0.1, -0.05) is 0 Å². The van der Waals surface area contributed by atoms with E-state index in [1.54, 1.807) is 4.90 Å². The molecule has 1 aliphatic rings. The first kappa shape index (κ1) is 19.0. The molecule has 2 rings (SSSR count). The highest BCUT2D eigenvalue weighted by atomic mass is 19.4. The first-order chi connectivity index (χ1) is 11.7. The van der Waals surface area contributed by atoms with Gasteiger partial charge in [-0.05, 0) is 31.0 Å². The quantitative estimate of drug-likeness (QED) is 0.746. The molecular weight excluding hydrogens is 339 g/mol. The average molecular weight is 359 g/mol. The van der Waals surface area contributed by atoms with Crippen molar-refractivity contribution in [3.63, 3.8) is 0 Å². The molecule has 0 spiro atoms. The number of benzene rings is 1. The molecular formula is C16H20F3N3O3. The number of carboxylic acid groups (broad SMARTS) is 1. The molecule has 1 saturated heterocycles. The molecule has 0 atom stereocenters. The van der Waals surface area contributed by atoms with E-state index in [1.165, 1.54) is 6.07 Å². The first-order valence-electron chi connectivity index (χ1n) is 7.89. The Morgan fingerprint density at radius 1 is 1.24 bits per heavy atom. The molecule has 0 aliphatic carbocycles. The van der Waals surface area contributed by atoms with Gasteiger partial charge in [-0.2, -0.15) is 13.2 Å². The van der Waals surface area contributed by atoms with Gasteiger partial charge in [0.25, 0.3) is 5.91 Å². The molecule has 138 valence electrons. The van der Waals surface area contributed by atoms with Crippen LogP contribution < -0.4 is 16.0 Å². The lowest BCUT2D eigenvalue weighted by atomic mass is 10.0. The largest absolute Gasteiger partial charge is 0.481 e. The van der Waals surface area contributed by atoms with E-state index in [0.29, 0.717) is 31.6 Å². The minimum absolute atomic E-state index is 0.0286. The van der Waals surface area contributed by atoms with Gasteiger partial charge >= 0.3 is 12.1 Å². The van der Waals surface area contributed by atoms with E-state index >= 15 is 0 Å². The Hall–Kier alpha value is -2.29. The van der Waals surface area contributed by atoms with Crippen molar-refractivity contribution in [3.05, 3.63) is 29.3 Å². The van der Waals surface area contributed by atoms with Crippen molar-refractivity contribution >= 4 is 17.6 Å². The van der Waals surface area contributed by atoms with Gasteiger partial charge in [-0.3, -0.25) is 9.59 Å². The number of hydrogen-bond acceptors (Lipinski definition) is 4. The summed E-state index contributed by atoms with van der Waals surface area (Å²) >= 11 is 0. The lowest BCUT2D eigenvalue weighted by Crippen LogP contribution is -2.40. The van der Waals surface area contributed by atoms with Crippen LogP contribution in [0.5, 0.6) is 0 Å². The number of aliphatic carboxylic acids is 1. The fourth-order valence-electron chi connectivity index (χ4n) is 2.63. The van der Waals surface area contributed by atoms with E-state index in [-0.39, 0.29) is 24.6 Å². The number of carbonyl (C=O) groups excluding carboxylic acids is 1. The molecule has 0 bridgehead atoms. The smallest absolute Gasteiger partial charge is 0.416 e. The van der Waals surface area contributed by atoms with Gasteiger partial charge in [0, 0.05) is 36.9 Å². The lowest BCUT2D eigenvalue weighted by Gasteiger charge is -2.32. The van der Waals surface area contributed by atoms with Crippen LogP contribution in [-0.4, -0.2) is 42.7 Å². The molecule has 0 unspecified atom stereocenters. The first-order valence-corrected chi connectivity index (χ1v) is 7.89. The summed E-state index contributed by atoms with van der Waals surface area (Å²) in [4.78, 5) is 24.3. The Balaban J connectivity index is 2.24. The molecule has 1 aromatic carbocycles. The number of hydrogen-bond donors (Lipinski definition) is 3. The van der Waals surface area contributed by atoms with E-state index < -0.39 is 23.6 Å². The van der Waals surface area contributed by atoms with Crippen LogP contribution in [0.2, 0.25) is 0 Å². The standard InChI is InChI=1S/C16H20F3N3O3/c17-16(18,19)11-7-10(15(25)21-4-1-14(23)24)8-13(9-11)22-5-2-12(20)3-6-22/h7-9,12H,1-6,20H2,(H,21,25)(H,23,24). The maximum atomic E-state index is 13.2. The van der Waals surface area contributed by atoms with Crippen LogP contribution in [-0.2, 0) is 11.0 Å². The molecule has 9 heteroatoms. The minimum atomic E-state index is -4.59. The van der Waals surface area contributed by atoms with E-state index in [1.807, 2.05) is 0 Å². The van der Waals surface area contributed by atoms with Gasteiger partial charge in [0.05, 0.1) is 12.0 Å². The van der Waals surface area contributed by atoms with Crippen molar-refractivity contribution in [2.24, 2.45) is 5.73 Å². The maximum Gasteiger partial charge on any atom is 0.416 e. The number of nitrogens with two attached hydrogens (primary N) is 1. The lowest BCUT2D eigenvalue weighted by molar-refractivity contribution is -0.138. The summed E-state index contributed by atoms with van der Waals surface area (Å²) in [7, 11) is 0. The van der Waals surface area contributed by atoms with Crippen molar-refractivity contribution in [2.75, 3.05) is 24.5 Å². The minimum Gasteiger partial charge on any atom is -0.481 e. The second-order valence-corrected chi connectivity index (χ2v) is 5.99. The Morgan fingerprint density at radius 3 is 2.44 bits per heavy atom. The van der Waals surface area contributed by atoms with Crippen molar-refractivity contribution in [3.8, 4) is 0 Å². The molecule has 1 amide bonds. The Kier molecular flexibility index (Phi) is 5.89. The van der Waals surface area contributed by atoms with Crippen molar-refractivity contribution < 1.29 is 27.9 Å². The summed E-state index contributed by atoms with van der Waals surface area (Å²) in [6.45, 7) is 0.878. The number of carboxylic acids is 1. The molecule has 4 N–H and O–H groups in total. The third-order valence-electron chi connectivity index (χ3n) is 4.04. The molecule has 1 aliphatic heterocycles. The number of carbonyl (C=O) groups is 2. The highest BCUT2D eigenvalue weighted by molar-refractivity contribution is 5.95. The van der Waals surface area contributed by atoms with Crippen LogP contribution in [0.3, 0.4) is 0 Å². The van der Waals surface area contributed by atoms with Gasteiger partial charge < -0.3 is 21.1 Å². The molecule has 0 radical (unpaired) electrons. The predicted molar refractivity (Wildman–Crippen MR) is 85.5 cm³/mol. The third kappa shape index (κ3) is 5.35. The zero-order valence-corrected chi connectivity index (χ0v) is 13.5. The summed E-state index contributed by atoms with van der Waals surface area (Å²) in [5, 5.41) is 10.9. The van der Waals surface area contributed by atoms with Gasteiger partial charge in [0.1, 0.15) is 0 Å². The fraction of sp³-hybridized carbons (Fsp3) is 0.500. The molecule has 1 aromatic rings. The number of piperidine rings is 1. The second-order valence-electron chi connectivity index (χ2n) is 5.99. The van der Waals surface area contributed by atoms with E-state index in [0.717, 1.165) is 12.1 Å². The van der Waals surface area contributed by atoms with Crippen LogP contribution >= 0.6 is 0 Å². The Morgan fingerprint density at radius 2 is 1.88 bits per heavy atom. The normalized spacial score (nSPS) is 15.9. The van der Waals surface area contributed by atoms with E-state index in [4.69, 9.17) is 10.8 Å². The van der Waals surface area contributed by atoms with Crippen molar-refractivity contribution in [2.45, 2.75) is 31.5 Å². The monoisotopic (exact) mass is 359 g/mol.